The number of aryl methyl sites for hydroxylation is 1. The maximum absolute atomic E-state index is 13.0. The first-order valence-electron chi connectivity index (χ1n) is 8.77. The number of thioether (sulfide) groups is 1. The molecule has 3 rings (SSSR count). The van der Waals surface area contributed by atoms with Gasteiger partial charge < -0.3 is 15.1 Å². The maximum atomic E-state index is 13.0. The highest BCUT2D eigenvalue weighted by Crippen LogP contribution is 2.23. The molecule has 2 N–H and O–H groups in total. The second-order valence-electron chi connectivity index (χ2n) is 6.24. The second kappa shape index (κ2) is 9.33. The average Bonchev–Trinajstić information content (AvgIpc) is 3.18. The van der Waals surface area contributed by atoms with E-state index in [9.17, 15) is 14.0 Å². The lowest BCUT2D eigenvalue weighted by molar-refractivity contribution is -0.122. The Labute approximate surface area is 171 Å². The molecule has 0 aliphatic carbocycles. The molecule has 29 heavy (non-hydrogen) atoms. The number of carbonyl (C=O) groups excluding carboxylic acids is 2. The Hall–Kier alpha value is -3.20. The molecule has 0 bridgehead atoms. The number of nitrogens with zero attached hydrogens (tertiary/aromatic N) is 2. The van der Waals surface area contributed by atoms with Crippen LogP contribution in [0.3, 0.4) is 0 Å². The van der Waals surface area contributed by atoms with Gasteiger partial charge in [-0.3, -0.25) is 9.59 Å². The zero-order valence-electron chi connectivity index (χ0n) is 15.9. The minimum Gasteiger partial charge on any atom is -0.411 e. The molecule has 1 heterocycles. The Morgan fingerprint density at radius 2 is 1.83 bits per heavy atom. The first-order valence-corrected chi connectivity index (χ1v) is 9.76. The van der Waals surface area contributed by atoms with E-state index in [0.29, 0.717) is 5.56 Å². The number of benzene rings is 2. The molecule has 0 aliphatic heterocycles. The Bertz CT molecular complexity index is 1020. The van der Waals surface area contributed by atoms with Crippen LogP contribution in [-0.2, 0) is 9.59 Å². The molecule has 1 aromatic heterocycles. The summed E-state index contributed by atoms with van der Waals surface area (Å²) >= 11 is 1.05. The fourth-order valence-corrected chi connectivity index (χ4v) is 3.01. The van der Waals surface area contributed by atoms with Gasteiger partial charge in [0.15, 0.2) is 0 Å². The van der Waals surface area contributed by atoms with Crippen molar-refractivity contribution in [1.82, 2.24) is 15.5 Å². The number of halogens is 1. The Morgan fingerprint density at radius 1 is 1.07 bits per heavy atom. The Morgan fingerprint density at radius 3 is 2.59 bits per heavy atom. The van der Waals surface area contributed by atoms with Crippen molar-refractivity contribution in [3.8, 4) is 11.5 Å². The minimum absolute atomic E-state index is 0.0157. The zero-order valence-corrected chi connectivity index (χ0v) is 16.7. The normalized spacial score (nSPS) is 10.6. The van der Waals surface area contributed by atoms with Gasteiger partial charge in [0.1, 0.15) is 5.82 Å². The molecule has 0 radical (unpaired) electrons. The van der Waals surface area contributed by atoms with Crippen molar-refractivity contribution in [2.75, 3.05) is 17.6 Å². The van der Waals surface area contributed by atoms with Crippen LogP contribution in [-0.4, -0.2) is 34.3 Å². The van der Waals surface area contributed by atoms with Crippen molar-refractivity contribution in [1.29, 1.82) is 0 Å². The van der Waals surface area contributed by atoms with Crippen LogP contribution in [0.2, 0.25) is 0 Å². The summed E-state index contributed by atoms with van der Waals surface area (Å²) in [6.45, 7) is 3.74. The monoisotopic (exact) mass is 414 g/mol. The van der Waals surface area contributed by atoms with Crippen LogP contribution < -0.4 is 10.6 Å². The van der Waals surface area contributed by atoms with E-state index in [0.717, 1.165) is 28.6 Å². The van der Waals surface area contributed by atoms with Crippen LogP contribution in [0.4, 0.5) is 10.1 Å². The third-order valence-electron chi connectivity index (χ3n) is 4.15. The molecule has 0 aliphatic rings. The summed E-state index contributed by atoms with van der Waals surface area (Å²) < 4.78 is 18.4. The van der Waals surface area contributed by atoms with Gasteiger partial charge in [-0.1, -0.05) is 23.9 Å². The molecular formula is C20H19FN4O3S. The van der Waals surface area contributed by atoms with Crippen molar-refractivity contribution >= 4 is 29.3 Å². The van der Waals surface area contributed by atoms with E-state index in [1.807, 2.05) is 32.0 Å². The first kappa shape index (κ1) is 20.5. The summed E-state index contributed by atoms with van der Waals surface area (Å²) in [7, 11) is 0. The standard InChI is InChI=1S/C20H19FN4O3S/c1-12-4-3-5-16(13(12)2)23-17(26)10-22-18(27)11-29-20-25-24-19(28-20)14-6-8-15(21)9-7-14/h3-9H,10-11H2,1-2H3,(H,22,27)(H,23,26). The van der Waals surface area contributed by atoms with E-state index in [4.69, 9.17) is 4.42 Å². The molecule has 0 spiro atoms. The summed E-state index contributed by atoms with van der Waals surface area (Å²) in [4.78, 5) is 24.0. The number of amides is 2. The molecular weight excluding hydrogens is 395 g/mol. The molecule has 7 nitrogen and oxygen atoms in total. The number of rotatable bonds is 7. The Balaban J connectivity index is 1.45. The molecule has 0 atom stereocenters. The number of hydrogen-bond acceptors (Lipinski definition) is 6. The maximum Gasteiger partial charge on any atom is 0.277 e. The van der Waals surface area contributed by atoms with E-state index >= 15 is 0 Å². The van der Waals surface area contributed by atoms with Gasteiger partial charge in [-0.05, 0) is 55.3 Å². The molecule has 2 aromatic carbocycles. The number of anilines is 1. The molecule has 0 saturated heterocycles. The fourth-order valence-electron chi connectivity index (χ4n) is 2.42. The molecule has 3 aromatic rings. The number of carbonyl (C=O) groups is 2. The molecule has 9 heteroatoms. The van der Waals surface area contributed by atoms with Crippen LogP contribution in [0.25, 0.3) is 11.5 Å². The predicted molar refractivity (Wildman–Crippen MR) is 108 cm³/mol. The van der Waals surface area contributed by atoms with Crippen molar-refractivity contribution in [3.05, 3.63) is 59.4 Å². The molecule has 0 fully saturated rings. The smallest absolute Gasteiger partial charge is 0.277 e. The SMILES string of the molecule is Cc1cccc(NC(=O)CNC(=O)CSc2nnc(-c3ccc(F)cc3)o2)c1C. The summed E-state index contributed by atoms with van der Waals surface area (Å²) in [5.41, 5.74) is 3.36. The van der Waals surface area contributed by atoms with Gasteiger partial charge in [0.25, 0.3) is 5.22 Å². The Kier molecular flexibility index (Phi) is 6.61. The number of aromatic nitrogens is 2. The van der Waals surface area contributed by atoms with Crippen molar-refractivity contribution in [2.24, 2.45) is 0 Å². The summed E-state index contributed by atoms with van der Waals surface area (Å²) in [5, 5.41) is 13.3. The molecule has 0 saturated carbocycles. The van der Waals surface area contributed by atoms with Crippen LogP contribution in [0.5, 0.6) is 0 Å². The van der Waals surface area contributed by atoms with Gasteiger partial charge in [-0.2, -0.15) is 0 Å². The van der Waals surface area contributed by atoms with Crippen LogP contribution in [0, 0.1) is 19.7 Å². The lowest BCUT2D eigenvalue weighted by Gasteiger charge is -2.10. The van der Waals surface area contributed by atoms with Crippen LogP contribution >= 0.6 is 11.8 Å². The molecule has 150 valence electrons. The lowest BCUT2D eigenvalue weighted by Crippen LogP contribution is -2.34. The van der Waals surface area contributed by atoms with Crippen molar-refractivity contribution in [2.45, 2.75) is 19.1 Å². The highest BCUT2D eigenvalue weighted by Gasteiger charge is 2.12. The predicted octanol–water partition coefficient (Wildman–Crippen LogP) is 3.34. The first-order chi connectivity index (χ1) is 13.9. The third kappa shape index (κ3) is 5.64. The molecule has 2 amide bonds. The van der Waals surface area contributed by atoms with E-state index in [-0.39, 0.29) is 41.0 Å². The molecule has 0 unspecified atom stereocenters. The minimum atomic E-state index is -0.360. The highest BCUT2D eigenvalue weighted by atomic mass is 32.2. The van der Waals surface area contributed by atoms with E-state index in [1.54, 1.807) is 0 Å². The van der Waals surface area contributed by atoms with Crippen molar-refractivity contribution in [3.63, 3.8) is 0 Å². The highest BCUT2D eigenvalue weighted by molar-refractivity contribution is 7.99. The van der Waals surface area contributed by atoms with Crippen LogP contribution in [0.1, 0.15) is 11.1 Å². The van der Waals surface area contributed by atoms with E-state index in [2.05, 4.69) is 20.8 Å². The van der Waals surface area contributed by atoms with Gasteiger partial charge >= 0.3 is 0 Å². The van der Waals surface area contributed by atoms with Gasteiger partial charge in [0.05, 0.1) is 12.3 Å². The summed E-state index contributed by atoms with van der Waals surface area (Å²) in [6.07, 6.45) is 0. The summed E-state index contributed by atoms with van der Waals surface area (Å²) in [6, 6.07) is 11.3. The van der Waals surface area contributed by atoms with Crippen molar-refractivity contribution < 1.29 is 18.4 Å². The largest absolute Gasteiger partial charge is 0.411 e. The van der Waals surface area contributed by atoms with Gasteiger partial charge in [-0.25, -0.2) is 4.39 Å². The summed E-state index contributed by atoms with van der Waals surface area (Å²) in [5.74, 6) is -0.759. The van der Waals surface area contributed by atoms with Gasteiger partial charge in [0.2, 0.25) is 17.7 Å². The lowest BCUT2D eigenvalue weighted by atomic mass is 10.1. The average molecular weight is 414 g/mol. The number of hydrogen-bond donors (Lipinski definition) is 2. The van der Waals surface area contributed by atoms with Gasteiger partial charge in [0, 0.05) is 11.3 Å². The van der Waals surface area contributed by atoms with E-state index < -0.39 is 0 Å². The number of nitrogens with one attached hydrogen (secondary N) is 2. The van der Waals surface area contributed by atoms with Crippen LogP contribution in [0.15, 0.2) is 52.1 Å². The third-order valence-corrected chi connectivity index (χ3v) is 4.97. The fraction of sp³-hybridized carbons (Fsp3) is 0.200. The quantitative estimate of drug-likeness (QED) is 0.576. The zero-order chi connectivity index (χ0) is 20.8. The second-order valence-corrected chi connectivity index (χ2v) is 7.17. The van der Waals surface area contributed by atoms with E-state index in [1.165, 1.54) is 24.3 Å². The topological polar surface area (TPSA) is 97.1 Å². The van der Waals surface area contributed by atoms with Gasteiger partial charge in [-0.15, -0.1) is 10.2 Å².